The van der Waals surface area contributed by atoms with Gasteiger partial charge in [-0.1, -0.05) is 0 Å². The highest BCUT2D eigenvalue weighted by Crippen LogP contribution is 2.36. The van der Waals surface area contributed by atoms with Gasteiger partial charge in [-0.2, -0.15) is 0 Å². The Hall–Kier alpha value is -2.54. The molecule has 1 aliphatic heterocycles. The van der Waals surface area contributed by atoms with Crippen molar-refractivity contribution in [1.29, 1.82) is 0 Å². The van der Waals surface area contributed by atoms with E-state index in [0.717, 1.165) is 17.5 Å². The van der Waals surface area contributed by atoms with Crippen LogP contribution in [0, 0.1) is 0 Å². The fourth-order valence-corrected chi connectivity index (χ4v) is 3.57. The number of fused-ring (bicyclic) bond motifs is 1. The zero-order chi connectivity index (χ0) is 19.6. The molecular formula is C20H20BrNO5. The maximum absolute atomic E-state index is 13.3. The van der Waals surface area contributed by atoms with Gasteiger partial charge in [0.15, 0.2) is 23.0 Å². The molecule has 0 aliphatic carbocycles. The lowest BCUT2D eigenvalue weighted by atomic mass is 9.92. The Kier molecular flexibility index (Phi) is 5.70. The third-order valence-electron chi connectivity index (χ3n) is 4.45. The summed E-state index contributed by atoms with van der Waals surface area (Å²) in [6.45, 7) is 0.536. The van der Waals surface area contributed by atoms with Gasteiger partial charge >= 0.3 is 0 Å². The van der Waals surface area contributed by atoms with Crippen LogP contribution in [-0.2, 0) is 6.42 Å². The molecular weight excluding hydrogens is 414 g/mol. The maximum Gasteiger partial charge on any atom is 0.212 e. The minimum absolute atomic E-state index is 0.198. The lowest BCUT2D eigenvalue weighted by molar-refractivity contribution is 0.106. The van der Waals surface area contributed by atoms with Gasteiger partial charge in [-0.25, -0.2) is 0 Å². The number of nitrogens with zero attached hydrogens (tertiary/aromatic N) is 1. The fraction of sp³-hybridized carbons (Fsp3) is 0.300. The van der Waals surface area contributed by atoms with Crippen LogP contribution in [0.25, 0.3) is 0 Å². The minimum atomic E-state index is -0.198. The van der Waals surface area contributed by atoms with Crippen LogP contribution < -0.4 is 18.9 Å². The fourth-order valence-electron chi connectivity index (χ4n) is 3.07. The summed E-state index contributed by atoms with van der Waals surface area (Å²) >= 11 is 3.45. The van der Waals surface area contributed by atoms with Crippen molar-refractivity contribution in [2.45, 2.75) is 6.42 Å². The third kappa shape index (κ3) is 3.51. The summed E-state index contributed by atoms with van der Waals surface area (Å²) in [7, 11) is 6.24. The number of benzene rings is 2. The molecule has 0 atom stereocenters. The van der Waals surface area contributed by atoms with E-state index in [1.807, 2.05) is 6.07 Å². The molecule has 0 aromatic heterocycles. The summed E-state index contributed by atoms with van der Waals surface area (Å²) in [4.78, 5) is 17.8. The van der Waals surface area contributed by atoms with E-state index >= 15 is 0 Å². The first-order valence-electron chi connectivity index (χ1n) is 8.30. The summed E-state index contributed by atoms with van der Waals surface area (Å²) in [6.07, 6.45) is 0.736. The molecule has 0 amide bonds. The van der Waals surface area contributed by atoms with E-state index in [9.17, 15) is 4.79 Å². The van der Waals surface area contributed by atoms with E-state index in [2.05, 4.69) is 20.9 Å². The largest absolute Gasteiger partial charge is 0.493 e. The molecule has 1 aliphatic rings. The van der Waals surface area contributed by atoms with Gasteiger partial charge in [-0.05, 0) is 52.2 Å². The Balaban J connectivity index is 2.08. The zero-order valence-corrected chi connectivity index (χ0v) is 17.2. The molecule has 6 nitrogen and oxygen atoms in total. The second-order valence-corrected chi connectivity index (χ2v) is 6.72. The lowest BCUT2D eigenvalue weighted by Crippen LogP contribution is -2.23. The minimum Gasteiger partial charge on any atom is -0.493 e. The SMILES string of the molecule is COc1cc(Br)c(C(=O)C2=NCCc3cc(OC)c(OC)cc32)cc1OC. The van der Waals surface area contributed by atoms with Crippen LogP contribution in [0.1, 0.15) is 21.5 Å². The number of carbonyl (C=O) groups is 1. The summed E-state index contributed by atoms with van der Waals surface area (Å²) < 4.78 is 22.0. The lowest BCUT2D eigenvalue weighted by Gasteiger charge is -2.20. The van der Waals surface area contributed by atoms with E-state index in [4.69, 9.17) is 18.9 Å². The zero-order valence-electron chi connectivity index (χ0n) is 15.6. The topological polar surface area (TPSA) is 66.4 Å². The number of ketones is 1. The molecule has 2 aromatic carbocycles. The number of carbonyl (C=O) groups excluding carboxylic acids is 1. The van der Waals surface area contributed by atoms with E-state index in [1.165, 1.54) is 7.11 Å². The van der Waals surface area contributed by atoms with Crippen LogP contribution in [0.3, 0.4) is 0 Å². The maximum atomic E-state index is 13.3. The molecule has 0 N–H and O–H groups in total. The average molecular weight is 434 g/mol. The molecule has 0 unspecified atom stereocenters. The van der Waals surface area contributed by atoms with E-state index in [-0.39, 0.29) is 5.78 Å². The van der Waals surface area contributed by atoms with E-state index < -0.39 is 0 Å². The summed E-state index contributed by atoms with van der Waals surface area (Å²) in [6, 6.07) is 7.08. The smallest absolute Gasteiger partial charge is 0.212 e. The number of aliphatic imine (C=N–C) groups is 1. The molecule has 0 radical (unpaired) electrons. The first kappa shape index (κ1) is 19.2. The monoisotopic (exact) mass is 433 g/mol. The molecule has 0 fully saturated rings. The first-order valence-corrected chi connectivity index (χ1v) is 9.09. The van der Waals surface area contributed by atoms with Gasteiger partial charge in [0.1, 0.15) is 5.71 Å². The van der Waals surface area contributed by atoms with E-state index in [0.29, 0.717) is 45.3 Å². The molecule has 3 rings (SSSR count). The Morgan fingerprint density at radius 3 is 2.07 bits per heavy atom. The molecule has 0 saturated carbocycles. The predicted octanol–water partition coefficient (Wildman–Crippen LogP) is 3.71. The van der Waals surface area contributed by atoms with Crippen LogP contribution in [-0.4, -0.2) is 46.5 Å². The number of Topliss-reactive ketones (excluding diaryl/α,β-unsaturated/α-hetero) is 1. The van der Waals surface area contributed by atoms with Crippen molar-refractivity contribution in [1.82, 2.24) is 0 Å². The molecule has 2 aromatic rings. The molecule has 142 valence electrons. The highest BCUT2D eigenvalue weighted by atomic mass is 79.9. The Bertz CT molecular complexity index is 923. The first-order chi connectivity index (χ1) is 13.0. The molecule has 0 bridgehead atoms. The molecule has 7 heteroatoms. The summed E-state index contributed by atoms with van der Waals surface area (Å²) in [5.41, 5.74) is 2.60. The van der Waals surface area contributed by atoms with Gasteiger partial charge in [-0.3, -0.25) is 9.79 Å². The normalized spacial score (nSPS) is 12.7. The number of methoxy groups -OCH3 is 4. The number of hydrogen-bond acceptors (Lipinski definition) is 6. The molecule has 0 spiro atoms. The van der Waals surface area contributed by atoms with Crippen LogP contribution in [0.2, 0.25) is 0 Å². The summed E-state index contributed by atoms with van der Waals surface area (Å²) in [5, 5.41) is 0. The highest BCUT2D eigenvalue weighted by molar-refractivity contribution is 9.10. The van der Waals surface area contributed by atoms with Crippen molar-refractivity contribution in [2.75, 3.05) is 35.0 Å². The number of ether oxygens (including phenoxy) is 4. The van der Waals surface area contributed by atoms with Crippen LogP contribution in [0.4, 0.5) is 0 Å². The Labute approximate surface area is 166 Å². The average Bonchev–Trinajstić information content (AvgIpc) is 2.71. The molecule has 0 saturated heterocycles. The van der Waals surface area contributed by atoms with Crippen molar-refractivity contribution < 1.29 is 23.7 Å². The summed E-state index contributed by atoms with van der Waals surface area (Å²) in [5.74, 6) is 2.02. The van der Waals surface area contributed by atoms with Gasteiger partial charge in [0.2, 0.25) is 5.78 Å². The van der Waals surface area contributed by atoms with E-state index in [1.54, 1.807) is 39.5 Å². The van der Waals surface area contributed by atoms with Crippen LogP contribution >= 0.6 is 15.9 Å². The van der Waals surface area contributed by atoms with Crippen molar-refractivity contribution in [2.24, 2.45) is 4.99 Å². The number of rotatable bonds is 6. The van der Waals surface area contributed by atoms with Crippen molar-refractivity contribution in [3.05, 3.63) is 45.4 Å². The van der Waals surface area contributed by atoms with Crippen molar-refractivity contribution in [3.63, 3.8) is 0 Å². The molecule has 1 heterocycles. The highest BCUT2D eigenvalue weighted by Gasteiger charge is 2.26. The second-order valence-electron chi connectivity index (χ2n) is 5.86. The Morgan fingerprint density at radius 1 is 0.889 bits per heavy atom. The number of hydrogen-bond donors (Lipinski definition) is 0. The van der Waals surface area contributed by atoms with Gasteiger partial charge in [0.25, 0.3) is 0 Å². The Morgan fingerprint density at radius 2 is 1.44 bits per heavy atom. The third-order valence-corrected chi connectivity index (χ3v) is 5.10. The quantitative estimate of drug-likeness (QED) is 0.649. The molecule has 27 heavy (non-hydrogen) atoms. The van der Waals surface area contributed by atoms with Crippen molar-refractivity contribution >= 4 is 27.4 Å². The van der Waals surface area contributed by atoms with Crippen molar-refractivity contribution in [3.8, 4) is 23.0 Å². The van der Waals surface area contributed by atoms with Gasteiger partial charge < -0.3 is 18.9 Å². The van der Waals surface area contributed by atoms with Gasteiger partial charge in [0, 0.05) is 22.1 Å². The second kappa shape index (κ2) is 8.00. The van der Waals surface area contributed by atoms with Crippen LogP contribution in [0.5, 0.6) is 23.0 Å². The van der Waals surface area contributed by atoms with Gasteiger partial charge in [-0.15, -0.1) is 0 Å². The van der Waals surface area contributed by atoms with Gasteiger partial charge in [0.05, 0.1) is 28.4 Å². The number of halogens is 1. The predicted molar refractivity (Wildman–Crippen MR) is 106 cm³/mol. The standard InChI is InChI=1S/C20H20BrNO5/c1-24-15-7-11-5-6-22-19(12(11)8-16(15)25-2)20(23)13-9-17(26-3)18(27-4)10-14(13)21/h7-10H,5-6H2,1-4H3. The van der Waals surface area contributed by atoms with Crippen LogP contribution in [0.15, 0.2) is 33.7 Å².